The van der Waals surface area contributed by atoms with Gasteiger partial charge in [0.1, 0.15) is 12.0 Å². The molecule has 44 heavy (non-hydrogen) atoms. The number of aryl methyl sites for hydroxylation is 2. The van der Waals surface area contributed by atoms with Gasteiger partial charge in [-0.2, -0.15) is 0 Å². The molecule has 5 rings (SSSR count). The SMILES string of the molecule is CCn1c(Cc2c(Cl)ccc(CNC(=O)C(C)(C)C)c2Cl)nc2cc(C(=O)Nc3ccc(C)cc3)c(N3CC[C@@H](F)C3)cc21. The molecule has 0 radical (unpaired) electrons. The number of nitrogens with zero attached hydrogens (tertiary/aromatic N) is 3. The molecule has 2 amide bonds. The molecule has 1 atom stereocenters. The van der Waals surface area contributed by atoms with Crippen molar-refractivity contribution in [2.45, 2.75) is 66.7 Å². The first kappa shape index (κ1) is 31.8. The van der Waals surface area contributed by atoms with Gasteiger partial charge in [0.2, 0.25) is 5.91 Å². The van der Waals surface area contributed by atoms with Crippen LogP contribution in [0.25, 0.3) is 11.0 Å². The number of benzene rings is 3. The van der Waals surface area contributed by atoms with E-state index in [0.29, 0.717) is 64.0 Å². The molecule has 0 unspecified atom stereocenters. The van der Waals surface area contributed by atoms with Crippen molar-refractivity contribution in [3.05, 3.63) is 86.7 Å². The summed E-state index contributed by atoms with van der Waals surface area (Å²) in [6.45, 7) is 11.2. The van der Waals surface area contributed by atoms with Crippen LogP contribution in [0, 0.1) is 12.3 Å². The number of anilines is 2. The Bertz CT molecular complexity index is 1710. The summed E-state index contributed by atoms with van der Waals surface area (Å²) >= 11 is 13.5. The van der Waals surface area contributed by atoms with Gasteiger partial charge in [0.05, 0.1) is 27.3 Å². The minimum Gasteiger partial charge on any atom is -0.368 e. The Balaban J connectivity index is 1.52. The Kier molecular flexibility index (Phi) is 9.23. The highest BCUT2D eigenvalue weighted by Gasteiger charge is 2.28. The summed E-state index contributed by atoms with van der Waals surface area (Å²) in [5, 5.41) is 6.92. The van der Waals surface area contributed by atoms with Crippen molar-refractivity contribution in [3.63, 3.8) is 0 Å². The second-order valence-electron chi connectivity index (χ2n) is 12.4. The molecule has 2 N–H and O–H groups in total. The van der Waals surface area contributed by atoms with Crippen LogP contribution in [-0.2, 0) is 24.3 Å². The molecule has 1 fully saturated rings. The van der Waals surface area contributed by atoms with Crippen molar-refractivity contribution in [1.29, 1.82) is 0 Å². The van der Waals surface area contributed by atoms with Crippen LogP contribution < -0.4 is 15.5 Å². The first-order chi connectivity index (χ1) is 20.8. The summed E-state index contributed by atoms with van der Waals surface area (Å²) in [6, 6.07) is 14.9. The maximum Gasteiger partial charge on any atom is 0.257 e. The van der Waals surface area contributed by atoms with Gasteiger partial charge in [-0.25, -0.2) is 9.37 Å². The second-order valence-corrected chi connectivity index (χ2v) is 13.2. The average molecular weight is 639 g/mol. The van der Waals surface area contributed by atoms with Crippen LogP contribution in [-0.4, -0.2) is 40.6 Å². The Morgan fingerprint density at radius 3 is 2.45 bits per heavy atom. The summed E-state index contributed by atoms with van der Waals surface area (Å²) in [6.07, 6.45) is -0.188. The van der Waals surface area contributed by atoms with Crippen molar-refractivity contribution >= 4 is 57.4 Å². The van der Waals surface area contributed by atoms with Gasteiger partial charge < -0.3 is 20.1 Å². The molecular formula is C34H38Cl2FN5O2. The second kappa shape index (κ2) is 12.8. The van der Waals surface area contributed by atoms with Crippen molar-refractivity contribution in [1.82, 2.24) is 14.9 Å². The average Bonchev–Trinajstić information content (AvgIpc) is 3.56. The first-order valence-electron chi connectivity index (χ1n) is 14.9. The fraction of sp³-hybridized carbons (Fsp3) is 0.382. The highest BCUT2D eigenvalue weighted by atomic mass is 35.5. The number of aromatic nitrogens is 2. The van der Waals surface area contributed by atoms with E-state index in [1.54, 1.807) is 12.1 Å². The van der Waals surface area contributed by atoms with Crippen LogP contribution in [0.15, 0.2) is 48.5 Å². The third kappa shape index (κ3) is 6.71. The number of alkyl halides is 1. The Morgan fingerprint density at radius 2 is 1.82 bits per heavy atom. The van der Waals surface area contributed by atoms with E-state index in [-0.39, 0.29) is 24.9 Å². The molecule has 2 heterocycles. The highest BCUT2D eigenvalue weighted by Crippen LogP contribution is 2.34. The van der Waals surface area contributed by atoms with Gasteiger partial charge in [0.15, 0.2) is 0 Å². The maximum atomic E-state index is 14.3. The molecule has 232 valence electrons. The molecule has 1 saturated heterocycles. The van der Waals surface area contributed by atoms with Crippen molar-refractivity contribution in [3.8, 4) is 0 Å². The zero-order chi connectivity index (χ0) is 31.8. The number of nitrogens with one attached hydrogen (secondary N) is 2. The Labute approximate surface area is 267 Å². The third-order valence-electron chi connectivity index (χ3n) is 8.01. The molecule has 3 aromatic carbocycles. The van der Waals surface area contributed by atoms with Crippen LogP contribution in [0.3, 0.4) is 0 Å². The summed E-state index contributed by atoms with van der Waals surface area (Å²) in [5.74, 6) is 0.374. The van der Waals surface area contributed by atoms with E-state index >= 15 is 0 Å². The fourth-order valence-electron chi connectivity index (χ4n) is 5.46. The number of fused-ring (bicyclic) bond motifs is 1. The lowest BCUT2D eigenvalue weighted by molar-refractivity contribution is -0.128. The summed E-state index contributed by atoms with van der Waals surface area (Å²) in [5.41, 5.74) is 5.32. The smallest absolute Gasteiger partial charge is 0.257 e. The van der Waals surface area contributed by atoms with Crippen LogP contribution in [0.5, 0.6) is 0 Å². The van der Waals surface area contributed by atoms with E-state index in [1.165, 1.54) is 0 Å². The predicted molar refractivity (Wildman–Crippen MR) is 177 cm³/mol. The van der Waals surface area contributed by atoms with E-state index in [4.69, 9.17) is 28.2 Å². The van der Waals surface area contributed by atoms with Gasteiger partial charge >= 0.3 is 0 Å². The number of imidazole rings is 1. The lowest BCUT2D eigenvalue weighted by Gasteiger charge is -2.21. The molecule has 4 aromatic rings. The quantitative estimate of drug-likeness (QED) is 0.207. The number of rotatable bonds is 8. The molecule has 1 aliphatic rings. The molecule has 0 spiro atoms. The standard InChI is InChI=1S/C34H38Cl2FN5O2/c1-6-42-29-17-28(41-14-13-22(37)19-41)25(32(43)39-23-10-7-20(2)8-11-23)15-27(29)40-30(42)16-24-26(35)12-9-21(31(24)36)18-38-33(44)34(3,4)5/h7-12,15,17,22H,6,13-14,16,18-19H2,1-5H3,(H,38,44)(H,39,43)/t22-/m1/s1. The van der Waals surface area contributed by atoms with E-state index in [9.17, 15) is 14.0 Å². The van der Waals surface area contributed by atoms with Crippen molar-refractivity contribution < 1.29 is 14.0 Å². The zero-order valence-electron chi connectivity index (χ0n) is 25.7. The van der Waals surface area contributed by atoms with E-state index in [0.717, 1.165) is 22.5 Å². The van der Waals surface area contributed by atoms with Crippen LogP contribution in [0.2, 0.25) is 10.0 Å². The third-order valence-corrected chi connectivity index (χ3v) is 8.83. The number of carbonyl (C=O) groups excluding carboxylic acids is 2. The van der Waals surface area contributed by atoms with Gasteiger partial charge in [-0.05, 0) is 61.7 Å². The lowest BCUT2D eigenvalue weighted by Crippen LogP contribution is -2.34. The highest BCUT2D eigenvalue weighted by molar-refractivity contribution is 6.36. The summed E-state index contributed by atoms with van der Waals surface area (Å²) < 4.78 is 16.4. The summed E-state index contributed by atoms with van der Waals surface area (Å²) in [4.78, 5) is 33.0. The molecule has 1 aromatic heterocycles. The monoisotopic (exact) mass is 637 g/mol. The van der Waals surface area contributed by atoms with Gasteiger partial charge in [-0.15, -0.1) is 0 Å². The number of carbonyl (C=O) groups is 2. The largest absolute Gasteiger partial charge is 0.368 e. The number of amides is 2. The number of halogens is 3. The first-order valence-corrected chi connectivity index (χ1v) is 15.7. The number of hydrogen-bond donors (Lipinski definition) is 2. The van der Waals surface area contributed by atoms with Gasteiger partial charge in [-0.1, -0.05) is 67.7 Å². The zero-order valence-corrected chi connectivity index (χ0v) is 27.2. The molecule has 0 saturated carbocycles. The number of hydrogen-bond acceptors (Lipinski definition) is 4. The molecule has 0 aliphatic carbocycles. The van der Waals surface area contributed by atoms with Crippen molar-refractivity contribution in [2.75, 3.05) is 23.3 Å². The normalized spacial score (nSPS) is 15.2. The molecular weight excluding hydrogens is 600 g/mol. The Morgan fingerprint density at radius 1 is 1.09 bits per heavy atom. The predicted octanol–water partition coefficient (Wildman–Crippen LogP) is 7.73. The van der Waals surface area contributed by atoms with E-state index in [1.807, 2.05) is 75.9 Å². The fourth-order valence-corrected chi connectivity index (χ4v) is 6.03. The van der Waals surface area contributed by atoms with Crippen LogP contribution in [0.1, 0.15) is 67.0 Å². The van der Waals surface area contributed by atoms with Crippen LogP contribution >= 0.6 is 23.2 Å². The minimum atomic E-state index is -0.949. The summed E-state index contributed by atoms with van der Waals surface area (Å²) in [7, 11) is 0. The maximum absolute atomic E-state index is 14.3. The van der Waals surface area contributed by atoms with Crippen LogP contribution in [0.4, 0.5) is 15.8 Å². The van der Waals surface area contributed by atoms with Gasteiger partial charge in [-0.3, -0.25) is 9.59 Å². The van der Waals surface area contributed by atoms with E-state index < -0.39 is 11.6 Å². The minimum absolute atomic E-state index is 0.0760. The molecule has 0 bridgehead atoms. The van der Waals surface area contributed by atoms with Crippen molar-refractivity contribution in [2.24, 2.45) is 5.41 Å². The molecule has 7 nitrogen and oxygen atoms in total. The Hall–Kier alpha value is -3.62. The van der Waals surface area contributed by atoms with E-state index in [2.05, 4.69) is 15.2 Å². The van der Waals surface area contributed by atoms with Gasteiger partial charge in [0, 0.05) is 48.7 Å². The van der Waals surface area contributed by atoms with Gasteiger partial charge in [0.25, 0.3) is 5.91 Å². The lowest BCUT2D eigenvalue weighted by atomic mass is 9.95. The molecule has 1 aliphatic heterocycles. The topological polar surface area (TPSA) is 79.3 Å². The molecule has 10 heteroatoms.